The van der Waals surface area contributed by atoms with E-state index in [2.05, 4.69) is 10.3 Å². The van der Waals surface area contributed by atoms with Gasteiger partial charge in [-0.1, -0.05) is 36.4 Å². The average Bonchev–Trinajstić information content (AvgIpc) is 3.04. The number of ether oxygens (including phenoxy) is 1. The number of aromatic nitrogens is 2. The van der Waals surface area contributed by atoms with E-state index >= 15 is 0 Å². The summed E-state index contributed by atoms with van der Waals surface area (Å²) in [5.74, 6) is -0.0546. The van der Waals surface area contributed by atoms with Gasteiger partial charge in [0.2, 0.25) is 5.91 Å². The Morgan fingerprint density at radius 3 is 2.71 bits per heavy atom. The van der Waals surface area contributed by atoms with E-state index in [4.69, 9.17) is 9.84 Å². The first-order chi connectivity index (χ1) is 11.7. The van der Waals surface area contributed by atoms with E-state index in [0.29, 0.717) is 0 Å². The minimum absolute atomic E-state index is 0.150. The molecule has 0 saturated heterocycles. The Labute approximate surface area is 138 Å². The van der Waals surface area contributed by atoms with E-state index in [1.165, 1.54) is 16.8 Å². The highest BCUT2D eigenvalue weighted by atomic mass is 16.5. The molecule has 0 spiro atoms. The van der Waals surface area contributed by atoms with E-state index in [1.807, 2.05) is 30.3 Å². The summed E-state index contributed by atoms with van der Waals surface area (Å²) in [5, 5.41) is 11.6. The van der Waals surface area contributed by atoms with Crippen LogP contribution in [-0.2, 0) is 16.0 Å². The van der Waals surface area contributed by atoms with Crippen molar-refractivity contribution in [3.8, 4) is 0 Å². The third kappa shape index (κ3) is 3.76. The van der Waals surface area contributed by atoms with Crippen molar-refractivity contribution < 1.29 is 14.6 Å². The van der Waals surface area contributed by atoms with Gasteiger partial charge in [0.25, 0.3) is 0 Å². The smallest absolute Gasteiger partial charge is 0.351 e. The summed E-state index contributed by atoms with van der Waals surface area (Å²) >= 11 is 0. The second kappa shape index (κ2) is 7.20. The number of carbonyl (C=O) groups excluding carboxylic acids is 1. The normalized spacial score (nSPS) is 19.4. The lowest BCUT2D eigenvalue weighted by atomic mass is 10.1. The van der Waals surface area contributed by atoms with Gasteiger partial charge in [-0.2, -0.15) is 4.98 Å². The van der Waals surface area contributed by atoms with Crippen molar-refractivity contribution in [3.05, 3.63) is 70.8 Å². The number of rotatable bonds is 5. The first-order valence-electron chi connectivity index (χ1n) is 7.53. The van der Waals surface area contributed by atoms with Gasteiger partial charge in [-0.25, -0.2) is 4.79 Å². The van der Waals surface area contributed by atoms with Crippen LogP contribution in [0.1, 0.15) is 11.8 Å². The number of aliphatic hydroxyl groups is 1. The highest BCUT2D eigenvalue weighted by Gasteiger charge is 2.21. The Bertz CT molecular complexity index is 801. The summed E-state index contributed by atoms with van der Waals surface area (Å²) in [6.07, 6.45) is 4.05. The quantitative estimate of drug-likeness (QED) is 0.795. The van der Waals surface area contributed by atoms with Crippen LogP contribution in [0.4, 0.5) is 5.82 Å². The van der Waals surface area contributed by atoms with Crippen LogP contribution in [-0.4, -0.2) is 33.3 Å². The van der Waals surface area contributed by atoms with Crippen LogP contribution in [0.3, 0.4) is 0 Å². The molecule has 0 aliphatic carbocycles. The standard InChI is InChI=1S/C17H17N3O4/c21-11-13-6-7-16(24-13)20-9-8-14(19-17(20)23)18-15(22)10-12-4-2-1-3-5-12/h1-9,13,16,21H,10-11H2,(H,18,19,22,23)/t13-,16+/m0/s1. The summed E-state index contributed by atoms with van der Waals surface area (Å²) in [7, 11) is 0. The van der Waals surface area contributed by atoms with Crippen LogP contribution in [0.2, 0.25) is 0 Å². The predicted molar refractivity (Wildman–Crippen MR) is 87.4 cm³/mol. The van der Waals surface area contributed by atoms with Gasteiger partial charge in [0.1, 0.15) is 11.9 Å². The molecule has 0 saturated carbocycles. The molecule has 2 aromatic rings. The number of hydrogen-bond acceptors (Lipinski definition) is 5. The first-order valence-corrected chi connectivity index (χ1v) is 7.53. The maximum absolute atomic E-state index is 12.1. The van der Waals surface area contributed by atoms with Gasteiger partial charge < -0.3 is 15.2 Å². The maximum atomic E-state index is 12.1. The van der Waals surface area contributed by atoms with Crippen molar-refractivity contribution >= 4 is 11.7 Å². The summed E-state index contributed by atoms with van der Waals surface area (Å²) in [6.45, 7) is -0.150. The Kier molecular flexibility index (Phi) is 4.83. The van der Waals surface area contributed by atoms with Crippen molar-refractivity contribution in [2.75, 3.05) is 11.9 Å². The molecule has 0 fully saturated rings. The van der Waals surface area contributed by atoms with E-state index in [-0.39, 0.29) is 24.8 Å². The molecule has 1 aliphatic heterocycles. The molecular formula is C17H17N3O4. The number of anilines is 1. The van der Waals surface area contributed by atoms with Gasteiger partial charge in [-0.3, -0.25) is 9.36 Å². The predicted octanol–water partition coefficient (Wildman–Crippen LogP) is 0.870. The number of carbonyl (C=O) groups is 1. The maximum Gasteiger partial charge on any atom is 0.351 e. The zero-order chi connectivity index (χ0) is 16.9. The second-order valence-corrected chi connectivity index (χ2v) is 5.35. The molecule has 2 atom stereocenters. The molecule has 0 bridgehead atoms. The number of nitrogens with one attached hydrogen (secondary N) is 1. The molecule has 1 amide bonds. The minimum atomic E-state index is -0.601. The fourth-order valence-electron chi connectivity index (χ4n) is 2.40. The molecule has 2 N–H and O–H groups in total. The largest absolute Gasteiger partial charge is 0.393 e. The number of benzene rings is 1. The van der Waals surface area contributed by atoms with Gasteiger partial charge in [-0.05, 0) is 17.7 Å². The SMILES string of the molecule is O=C(Cc1ccccc1)Nc1ccn([C@H]2C=C[C@@H](CO)O2)c(=O)n1. The summed E-state index contributed by atoms with van der Waals surface area (Å²) in [5.41, 5.74) is 0.337. The Hall–Kier alpha value is -2.77. The lowest BCUT2D eigenvalue weighted by molar-refractivity contribution is -0.115. The summed E-state index contributed by atoms with van der Waals surface area (Å²) in [4.78, 5) is 27.9. The van der Waals surface area contributed by atoms with Crippen LogP contribution in [0.5, 0.6) is 0 Å². The molecule has 2 heterocycles. The minimum Gasteiger partial charge on any atom is -0.393 e. The van der Waals surface area contributed by atoms with Crippen LogP contribution in [0.25, 0.3) is 0 Å². The number of amides is 1. The van der Waals surface area contributed by atoms with Gasteiger partial charge in [0.05, 0.1) is 13.0 Å². The van der Waals surface area contributed by atoms with E-state index < -0.39 is 18.0 Å². The Morgan fingerprint density at radius 1 is 1.25 bits per heavy atom. The van der Waals surface area contributed by atoms with Crippen LogP contribution in [0.15, 0.2) is 59.5 Å². The molecular weight excluding hydrogens is 310 g/mol. The van der Waals surface area contributed by atoms with E-state index in [9.17, 15) is 9.59 Å². The van der Waals surface area contributed by atoms with Gasteiger partial charge in [0, 0.05) is 6.20 Å². The average molecular weight is 327 g/mol. The second-order valence-electron chi connectivity index (χ2n) is 5.35. The first kappa shape index (κ1) is 16.1. The molecule has 0 unspecified atom stereocenters. The van der Waals surface area contributed by atoms with Crippen LogP contribution >= 0.6 is 0 Å². The van der Waals surface area contributed by atoms with E-state index in [1.54, 1.807) is 12.2 Å². The fraction of sp³-hybridized carbons (Fsp3) is 0.235. The van der Waals surface area contributed by atoms with Crippen molar-refractivity contribution in [1.82, 2.24) is 9.55 Å². The molecule has 7 heteroatoms. The monoisotopic (exact) mass is 327 g/mol. The van der Waals surface area contributed by atoms with Crippen LogP contribution < -0.4 is 11.0 Å². The van der Waals surface area contributed by atoms with Gasteiger partial charge in [-0.15, -0.1) is 0 Å². The summed E-state index contributed by atoms with van der Waals surface area (Å²) in [6, 6.07) is 10.8. The van der Waals surface area contributed by atoms with Crippen LogP contribution in [0, 0.1) is 0 Å². The Balaban J connectivity index is 1.66. The number of nitrogens with zero attached hydrogens (tertiary/aromatic N) is 2. The molecule has 124 valence electrons. The van der Waals surface area contributed by atoms with Crippen molar-refractivity contribution in [2.45, 2.75) is 18.8 Å². The molecule has 3 rings (SSSR count). The highest BCUT2D eigenvalue weighted by Crippen LogP contribution is 2.19. The van der Waals surface area contributed by atoms with Crippen molar-refractivity contribution in [1.29, 1.82) is 0 Å². The summed E-state index contributed by atoms with van der Waals surface area (Å²) < 4.78 is 6.74. The third-order valence-corrected chi connectivity index (χ3v) is 3.56. The lowest BCUT2D eigenvalue weighted by Crippen LogP contribution is -2.29. The van der Waals surface area contributed by atoms with Gasteiger partial charge in [0.15, 0.2) is 6.23 Å². The molecule has 0 radical (unpaired) electrons. The topological polar surface area (TPSA) is 93.5 Å². The zero-order valence-electron chi connectivity index (χ0n) is 12.8. The molecule has 1 aromatic carbocycles. The van der Waals surface area contributed by atoms with Crippen molar-refractivity contribution in [2.24, 2.45) is 0 Å². The lowest BCUT2D eigenvalue weighted by Gasteiger charge is -2.15. The molecule has 7 nitrogen and oxygen atoms in total. The number of aliphatic hydroxyl groups excluding tert-OH is 1. The Morgan fingerprint density at radius 2 is 2.04 bits per heavy atom. The third-order valence-electron chi connectivity index (χ3n) is 3.56. The van der Waals surface area contributed by atoms with Crippen molar-refractivity contribution in [3.63, 3.8) is 0 Å². The molecule has 24 heavy (non-hydrogen) atoms. The zero-order valence-corrected chi connectivity index (χ0v) is 12.8. The molecule has 1 aliphatic rings. The van der Waals surface area contributed by atoms with Gasteiger partial charge >= 0.3 is 5.69 Å². The fourth-order valence-corrected chi connectivity index (χ4v) is 2.40. The number of hydrogen-bond donors (Lipinski definition) is 2. The van der Waals surface area contributed by atoms with E-state index in [0.717, 1.165) is 5.56 Å². The highest BCUT2D eigenvalue weighted by molar-refractivity contribution is 5.91. The molecule has 1 aromatic heterocycles.